The second-order valence-electron chi connectivity index (χ2n) is 6.50. The van der Waals surface area contributed by atoms with Gasteiger partial charge in [0.2, 0.25) is 0 Å². The van der Waals surface area contributed by atoms with E-state index in [4.69, 9.17) is 0 Å². The average molecular weight is 472 g/mol. The number of aryl methyl sites for hydroxylation is 4. The van der Waals surface area contributed by atoms with Crippen LogP contribution in [-0.2, 0) is 26.1 Å². The highest BCUT2D eigenvalue weighted by atomic mass is 127. The van der Waals surface area contributed by atoms with E-state index in [0.29, 0.717) is 6.54 Å². The highest BCUT2D eigenvalue weighted by molar-refractivity contribution is 14.0. The van der Waals surface area contributed by atoms with Crippen molar-refractivity contribution in [3.05, 3.63) is 29.1 Å². The fourth-order valence-corrected chi connectivity index (χ4v) is 3.22. The molecule has 1 aliphatic rings. The molecular formula is C17H29IN8. The Balaban J connectivity index is 0.00000243. The van der Waals surface area contributed by atoms with Crippen LogP contribution in [0, 0.1) is 13.8 Å². The Labute approximate surface area is 171 Å². The smallest absolute Gasteiger partial charge is 0.191 e. The summed E-state index contributed by atoms with van der Waals surface area (Å²) in [6.45, 7) is 7.53. The molecule has 0 atom stereocenters. The highest BCUT2D eigenvalue weighted by Gasteiger charge is 2.15. The second-order valence-corrected chi connectivity index (χ2v) is 6.50. The Kier molecular flexibility index (Phi) is 7.85. The molecule has 0 aromatic carbocycles. The van der Waals surface area contributed by atoms with Gasteiger partial charge in [0.25, 0.3) is 0 Å². The van der Waals surface area contributed by atoms with Crippen molar-refractivity contribution in [2.45, 2.75) is 59.2 Å². The maximum atomic E-state index is 4.48. The fourth-order valence-electron chi connectivity index (χ4n) is 3.22. The number of nitrogens with zero attached hydrogens (tertiary/aromatic N) is 6. The van der Waals surface area contributed by atoms with Crippen molar-refractivity contribution in [2.75, 3.05) is 13.6 Å². The summed E-state index contributed by atoms with van der Waals surface area (Å²) in [5.74, 6) is 2.89. The molecule has 3 rings (SSSR count). The van der Waals surface area contributed by atoms with Gasteiger partial charge in [0, 0.05) is 38.8 Å². The van der Waals surface area contributed by atoms with Gasteiger partial charge in [-0.2, -0.15) is 5.10 Å². The standard InChI is InChI=1S/C17H28N8.HI/c1-13-11-14(2)25(23-13)10-6-8-19-17(18-3)20-12-16-22-21-15-7-4-5-9-24(15)16;/h11H,4-10,12H2,1-3H3,(H2,18,19,20);1H. The molecule has 8 nitrogen and oxygen atoms in total. The number of fused-ring (bicyclic) bond motifs is 1. The van der Waals surface area contributed by atoms with Gasteiger partial charge in [-0.15, -0.1) is 34.2 Å². The summed E-state index contributed by atoms with van der Waals surface area (Å²) in [5.41, 5.74) is 2.27. The molecule has 0 unspecified atom stereocenters. The molecule has 1 aliphatic heterocycles. The third kappa shape index (κ3) is 5.18. The van der Waals surface area contributed by atoms with E-state index in [1.165, 1.54) is 18.5 Å². The van der Waals surface area contributed by atoms with Crippen molar-refractivity contribution < 1.29 is 0 Å². The first-order valence-electron chi connectivity index (χ1n) is 9.04. The first-order valence-corrected chi connectivity index (χ1v) is 9.04. The SMILES string of the molecule is CN=C(NCCCn1nc(C)cc1C)NCc1nnc2n1CCCC2.I. The van der Waals surface area contributed by atoms with Crippen LogP contribution in [0.4, 0.5) is 0 Å². The maximum absolute atomic E-state index is 4.48. The van der Waals surface area contributed by atoms with Gasteiger partial charge < -0.3 is 15.2 Å². The predicted octanol–water partition coefficient (Wildman–Crippen LogP) is 1.80. The number of guanidine groups is 1. The number of nitrogens with one attached hydrogen (secondary N) is 2. The average Bonchev–Trinajstić information content (AvgIpc) is 3.17. The lowest BCUT2D eigenvalue weighted by Gasteiger charge is -2.16. The van der Waals surface area contributed by atoms with E-state index in [-0.39, 0.29) is 24.0 Å². The molecule has 2 aromatic heterocycles. The lowest BCUT2D eigenvalue weighted by molar-refractivity contribution is 0.504. The molecule has 9 heteroatoms. The number of hydrogen-bond acceptors (Lipinski definition) is 4. The van der Waals surface area contributed by atoms with Crippen LogP contribution in [0.1, 0.15) is 42.3 Å². The van der Waals surface area contributed by atoms with Crippen LogP contribution in [-0.4, -0.2) is 44.1 Å². The first kappa shape index (κ1) is 20.7. The van der Waals surface area contributed by atoms with Gasteiger partial charge in [0.1, 0.15) is 5.82 Å². The van der Waals surface area contributed by atoms with E-state index in [1.807, 2.05) is 6.92 Å². The molecule has 0 bridgehead atoms. The zero-order valence-electron chi connectivity index (χ0n) is 15.8. The van der Waals surface area contributed by atoms with Crippen LogP contribution < -0.4 is 10.6 Å². The number of hydrogen-bond donors (Lipinski definition) is 2. The van der Waals surface area contributed by atoms with Gasteiger partial charge in [-0.25, -0.2) is 0 Å². The predicted molar refractivity (Wildman–Crippen MR) is 113 cm³/mol. The first-order chi connectivity index (χ1) is 12.2. The van der Waals surface area contributed by atoms with Crippen LogP contribution in [0.2, 0.25) is 0 Å². The molecule has 0 saturated heterocycles. The summed E-state index contributed by atoms with van der Waals surface area (Å²) in [4.78, 5) is 4.28. The minimum absolute atomic E-state index is 0. The van der Waals surface area contributed by atoms with Crippen molar-refractivity contribution in [3.8, 4) is 0 Å². The summed E-state index contributed by atoms with van der Waals surface area (Å²) in [6.07, 6.45) is 4.44. The van der Waals surface area contributed by atoms with Gasteiger partial charge in [-0.05, 0) is 39.2 Å². The quantitative estimate of drug-likeness (QED) is 0.290. The Hall–Kier alpha value is -1.65. The lowest BCUT2D eigenvalue weighted by atomic mass is 10.2. The molecule has 0 aliphatic carbocycles. The molecule has 0 radical (unpaired) electrons. The molecule has 0 saturated carbocycles. The van der Waals surface area contributed by atoms with Crippen LogP contribution in [0.15, 0.2) is 11.1 Å². The summed E-state index contributed by atoms with van der Waals surface area (Å²) >= 11 is 0. The van der Waals surface area contributed by atoms with Crippen molar-refractivity contribution in [1.82, 2.24) is 35.2 Å². The van der Waals surface area contributed by atoms with E-state index in [1.54, 1.807) is 7.05 Å². The Bertz CT molecular complexity index is 733. The summed E-state index contributed by atoms with van der Waals surface area (Å²) < 4.78 is 4.28. The number of halogens is 1. The van der Waals surface area contributed by atoms with Crippen LogP contribution >= 0.6 is 24.0 Å². The van der Waals surface area contributed by atoms with E-state index in [9.17, 15) is 0 Å². The van der Waals surface area contributed by atoms with E-state index >= 15 is 0 Å². The Morgan fingerprint density at radius 3 is 2.81 bits per heavy atom. The van der Waals surface area contributed by atoms with E-state index in [0.717, 1.165) is 55.8 Å². The van der Waals surface area contributed by atoms with Gasteiger partial charge in [-0.1, -0.05) is 0 Å². The zero-order valence-corrected chi connectivity index (χ0v) is 18.2. The third-order valence-electron chi connectivity index (χ3n) is 4.52. The molecule has 144 valence electrons. The molecule has 0 fully saturated rings. The molecule has 2 N–H and O–H groups in total. The maximum Gasteiger partial charge on any atom is 0.191 e. The molecule has 26 heavy (non-hydrogen) atoms. The van der Waals surface area contributed by atoms with Crippen molar-refractivity contribution >= 4 is 29.9 Å². The topological polar surface area (TPSA) is 84.9 Å². The lowest BCUT2D eigenvalue weighted by Crippen LogP contribution is -2.38. The molecule has 3 heterocycles. The fraction of sp³-hybridized carbons (Fsp3) is 0.647. The van der Waals surface area contributed by atoms with Gasteiger partial charge in [0.05, 0.1) is 12.2 Å². The normalized spacial score (nSPS) is 13.9. The van der Waals surface area contributed by atoms with E-state index in [2.05, 4.69) is 53.2 Å². The molecule has 0 spiro atoms. The van der Waals surface area contributed by atoms with Crippen molar-refractivity contribution in [3.63, 3.8) is 0 Å². The van der Waals surface area contributed by atoms with E-state index < -0.39 is 0 Å². The Morgan fingerprint density at radius 1 is 1.23 bits per heavy atom. The number of aromatic nitrogens is 5. The molecule has 0 amide bonds. The zero-order chi connectivity index (χ0) is 17.6. The summed E-state index contributed by atoms with van der Waals surface area (Å²) in [6, 6.07) is 2.10. The summed E-state index contributed by atoms with van der Waals surface area (Å²) in [5, 5.41) is 19.8. The van der Waals surface area contributed by atoms with Crippen LogP contribution in [0.25, 0.3) is 0 Å². The van der Waals surface area contributed by atoms with Crippen molar-refractivity contribution in [1.29, 1.82) is 0 Å². The van der Waals surface area contributed by atoms with Gasteiger partial charge in [0.15, 0.2) is 11.8 Å². The van der Waals surface area contributed by atoms with Crippen LogP contribution in [0.3, 0.4) is 0 Å². The van der Waals surface area contributed by atoms with Gasteiger partial charge in [-0.3, -0.25) is 9.67 Å². The number of rotatable bonds is 6. The second kappa shape index (κ2) is 9.89. The van der Waals surface area contributed by atoms with Gasteiger partial charge >= 0.3 is 0 Å². The molecular weight excluding hydrogens is 443 g/mol. The van der Waals surface area contributed by atoms with Crippen molar-refractivity contribution in [2.24, 2.45) is 4.99 Å². The largest absolute Gasteiger partial charge is 0.356 e. The number of aliphatic imine (C=N–C) groups is 1. The minimum atomic E-state index is 0. The monoisotopic (exact) mass is 472 g/mol. The highest BCUT2D eigenvalue weighted by Crippen LogP contribution is 2.13. The Morgan fingerprint density at radius 2 is 2.08 bits per heavy atom. The minimum Gasteiger partial charge on any atom is -0.356 e. The van der Waals surface area contributed by atoms with Crippen LogP contribution in [0.5, 0.6) is 0 Å². The third-order valence-corrected chi connectivity index (χ3v) is 4.52. The molecule has 2 aromatic rings. The summed E-state index contributed by atoms with van der Waals surface area (Å²) in [7, 11) is 1.79.